The Hall–Kier alpha value is -0.780. The maximum absolute atomic E-state index is 2.28. The van der Waals surface area contributed by atoms with Gasteiger partial charge in [0.05, 0.1) is 0 Å². The summed E-state index contributed by atoms with van der Waals surface area (Å²) in [6, 6.07) is 8.77. The number of rotatable bonds is 3. The fourth-order valence-corrected chi connectivity index (χ4v) is 1.07. The van der Waals surface area contributed by atoms with Crippen LogP contribution in [0.5, 0.6) is 0 Å². The summed E-state index contributed by atoms with van der Waals surface area (Å²) in [6.45, 7) is 8.74. The van der Waals surface area contributed by atoms with Crippen LogP contribution in [0, 0.1) is 0 Å². The van der Waals surface area contributed by atoms with Crippen molar-refractivity contribution < 1.29 is 0 Å². The zero-order chi connectivity index (χ0) is 10.8. The summed E-state index contributed by atoms with van der Waals surface area (Å²) >= 11 is 0. The molecular weight excluding hydrogens is 168 g/mol. The summed E-state index contributed by atoms with van der Waals surface area (Å²) in [5, 5.41) is 0. The molecular formula is C14H24. The molecule has 0 aromatic heterocycles. The number of benzene rings is 1. The minimum Gasteiger partial charge on any atom is -0.0654 e. The molecule has 0 heteroatoms. The van der Waals surface area contributed by atoms with Gasteiger partial charge in [0.15, 0.2) is 0 Å². The van der Waals surface area contributed by atoms with Gasteiger partial charge in [-0.3, -0.25) is 0 Å². The highest BCUT2D eigenvalue weighted by atomic mass is 13.9. The molecule has 1 aromatic rings. The van der Waals surface area contributed by atoms with Gasteiger partial charge in [0.1, 0.15) is 0 Å². The summed E-state index contributed by atoms with van der Waals surface area (Å²) in [7, 11) is 0. The molecule has 0 fully saturated rings. The predicted molar refractivity (Wildman–Crippen MR) is 65.8 cm³/mol. The van der Waals surface area contributed by atoms with Crippen molar-refractivity contribution in [1.29, 1.82) is 0 Å². The Morgan fingerprint density at radius 2 is 1.21 bits per heavy atom. The van der Waals surface area contributed by atoms with E-state index in [4.69, 9.17) is 0 Å². The summed E-state index contributed by atoms with van der Waals surface area (Å²) in [5.74, 6) is 0. The minimum absolute atomic E-state index is 1.15. The molecule has 0 saturated carbocycles. The number of aryl methyl sites for hydroxylation is 2. The summed E-state index contributed by atoms with van der Waals surface area (Å²) < 4.78 is 0. The first-order valence-electron chi connectivity index (χ1n) is 5.86. The van der Waals surface area contributed by atoms with Crippen LogP contribution in [-0.4, -0.2) is 0 Å². The van der Waals surface area contributed by atoms with Crippen molar-refractivity contribution in [1.82, 2.24) is 0 Å². The Kier molecular flexibility index (Phi) is 8.31. The Morgan fingerprint density at radius 3 is 1.50 bits per heavy atom. The largest absolute Gasteiger partial charge is 0.0654 e. The average molecular weight is 192 g/mol. The maximum atomic E-state index is 2.28. The zero-order valence-electron chi connectivity index (χ0n) is 10.1. The number of hydrogen-bond donors (Lipinski definition) is 0. The lowest BCUT2D eigenvalue weighted by Gasteiger charge is -1.98. The van der Waals surface area contributed by atoms with Crippen molar-refractivity contribution in [2.45, 2.75) is 53.4 Å². The van der Waals surface area contributed by atoms with Crippen LogP contribution in [0.15, 0.2) is 24.3 Å². The van der Waals surface area contributed by atoms with E-state index >= 15 is 0 Å². The van der Waals surface area contributed by atoms with Crippen LogP contribution >= 0.6 is 0 Å². The van der Waals surface area contributed by atoms with Gasteiger partial charge in [-0.15, -0.1) is 0 Å². The van der Waals surface area contributed by atoms with Crippen molar-refractivity contribution in [3.63, 3.8) is 0 Å². The van der Waals surface area contributed by atoms with Crippen molar-refractivity contribution in [2.24, 2.45) is 0 Å². The first-order chi connectivity index (χ1) is 6.78. The van der Waals surface area contributed by atoms with E-state index in [0.29, 0.717) is 0 Å². The molecule has 0 heterocycles. The normalized spacial score (nSPS) is 9.14. The SMILES string of the molecule is CCCC.CCc1cccc(CC)c1. The quantitative estimate of drug-likeness (QED) is 0.655. The Balaban J connectivity index is 0.000000364. The van der Waals surface area contributed by atoms with E-state index in [2.05, 4.69) is 52.0 Å². The van der Waals surface area contributed by atoms with Gasteiger partial charge < -0.3 is 0 Å². The second-order valence-electron chi connectivity index (χ2n) is 3.53. The molecule has 0 aliphatic rings. The van der Waals surface area contributed by atoms with Crippen LogP contribution in [-0.2, 0) is 12.8 Å². The first kappa shape index (κ1) is 13.2. The molecule has 0 amide bonds. The zero-order valence-corrected chi connectivity index (χ0v) is 10.1. The van der Waals surface area contributed by atoms with Crippen LogP contribution in [0.25, 0.3) is 0 Å². The van der Waals surface area contributed by atoms with Gasteiger partial charge in [0.25, 0.3) is 0 Å². The van der Waals surface area contributed by atoms with Crippen molar-refractivity contribution in [3.05, 3.63) is 35.4 Å². The topological polar surface area (TPSA) is 0 Å². The molecule has 1 aromatic carbocycles. The number of hydrogen-bond acceptors (Lipinski definition) is 0. The van der Waals surface area contributed by atoms with E-state index in [0.717, 1.165) is 12.8 Å². The first-order valence-corrected chi connectivity index (χ1v) is 5.86. The summed E-state index contributed by atoms with van der Waals surface area (Å²) in [6.07, 6.45) is 4.93. The number of unbranched alkanes of at least 4 members (excludes halogenated alkanes) is 1. The van der Waals surface area contributed by atoms with E-state index in [1.54, 1.807) is 0 Å². The lowest BCUT2D eigenvalue weighted by molar-refractivity contribution is 0.886. The third-order valence-electron chi connectivity index (χ3n) is 2.31. The van der Waals surface area contributed by atoms with Gasteiger partial charge >= 0.3 is 0 Å². The van der Waals surface area contributed by atoms with Crippen molar-refractivity contribution in [2.75, 3.05) is 0 Å². The van der Waals surface area contributed by atoms with Crippen LogP contribution in [0.1, 0.15) is 51.7 Å². The smallest absolute Gasteiger partial charge is 0.0307 e. The molecule has 0 N–H and O–H groups in total. The van der Waals surface area contributed by atoms with Crippen molar-refractivity contribution in [3.8, 4) is 0 Å². The van der Waals surface area contributed by atoms with Gasteiger partial charge in [-0.2, -0.15) is 0 Å². The lowest BCUT2D eigenvalue weighted by atomic mass is 10.1. The molecule has 80 valence electrons. The van der Waals surface area contributed by atoms with E-state index in [1.165, 1.54) is 24.0 Å². The van der Waals surface area contributed by atoms with Crippen LogP contribution in [0.3, 0.4) is 0 Å². The minimum atomic E-state index is 1.15. The fourth-order valence-electron chi connectivity index (χ4n) is 1.07. The lowest BCUT2D eigenvalue weighted by Crippen LogP contribution is -1.83. The highest BCUT2D eigenvalue weighted by Crippen LogP contribution is 2.05. The highest BCUT2D eigenvalue weighted by molar-refractivity contribution is 5.23. The Bertz CT molecular complexity index is 204. The molecule has 0 atom stereocenters. The van der Waals surface area contributed by atoms with Crippen LogP contribution in [0.4, 0.5) is 0 Å². The fraction of sp³-hybridized carbons (Fsp3) is 0.571. The van der Waals surface area contributed by atoms with Gasteiger partial charge in [-0.25, -0.2) is 0 Å². The third-order valence-corrected chi connectivity index (χ3v) is 2.31. The molecule has 0 aliphatic heterocycles. The average Bonchev–Trinajstić information content (AvgIpc) is 2.29. The maximum Gasteiger partial charge on any atom is -0.0307 e. The van der Waals surface area contributed by atoms with E-state index in [1.807, 2.05) is 0 Å². The second kappa shape index (κ2) is 8.80. The molecule has 0 bridgehead atoms. The Morgan fingerprint density at radius 1 is 0.786 bits per heavy atom. The Labute approximate surface area is 89.4 Å². The van der Waals surface area contributed by atoms with Gasteiger partial charge in [0.2, 0.25) is 0 Å². The molecule has 0 radical (unpaired) electrons. The standard InChI is InChI=1S/C10H14.C4H10/c1-3-9-6-5-7-10(4-2)8-9;1-3-4-2/h5-8H,3-4H2,1-2H3;3-4H2,1-2H3. The van der Waals surface area contributed by atoms with E-state index in [-0.39, 0.29) is 0 Å². The molecule has 0 saturated heterocycles. The van der Waals surface area contributed by atoms with Gasteiger partial charge in [-0.05, 0) is 24.0 Å². The predicted octanol–water partition coefficient (Wildman–Crippen LogP) is 4.62. The third kappa shape index (κ3) is 5.80. The van der Waals surface area contributed by atoms with Crippen LogP contribution in [0.2, 0.25) is 0 Å². The molecule has 0 unspecified atom stereocenters. The highest BCUT2D eigenvalue weighted by Gasteiger charge is 1.89. The summed E-state index contributed by atoms with van der Waals surface area (Å²) in [5.41, 5.74) is 2.89. The molecule has 1 rings (SSSR count). The van der Waals surface area contributed by atoms with Crippen LogP contribution < -0.4 is 0 Å². The molecule has 0 nitrogen and oxygen atoms in total. The van der Waals surface area contributed by atoms with Gasteiger partial charge in [0, 0.05) is 0 Å². The monoisotopic (exact) mass is 192 g/mol. The van der Waals surface area contributed by atoms with E-state index < -0.39 is 0 Å². The molecule has 14 heavy (non-hydrogen) atoms. The summed E-state index contributed by atoms with van der Waals surface area (Å²) in [4.78, 5) is 0. The molecule has 0 aliphatic carbocycles. The van der Waals surface area contributed by atoms with Gasteiger partial charge in [-0.1, -0.05) is 64.8 Å². The van der Waals surface area contributed by atoms with E-state index in [9.17, 15) is 0 Å². The molecule has 0 spiro atoms. The second-order valence-corrected chi connectivity index (χ2v) is 3.53. The van der Waals surface area contributed by atoms with Crippen molar-refractivity contribution >= 4 is 0 Å².